The summed E-state index contributed by atoms with van der Waals surface area (Å²) >= 11 is 0. The van der Waals surface area contributed by atoms with Crippen molar-refractivity contribution in [2.75, 3.05) is 7.11 Å². The van der Waals surface area contributed by atoms with Gasteiger partial charge >= 0.3 is 0 Å². The highest BCUT2D eigenvalue weighted by Gasteiger charge is 2.19. The Balaban J connectivity index is 1.73. The molecule has 0 saturated carbocycles. The number of rotatable bonds is 4. The second-order valence-electron chi connectivity index (χ2n) is 7.57. The maximum Gasteiger partial charge on any atom is 0.140 e. The van der Waals surface area contributed by atoms with Crippen molar-refractivity contribution in [1.29, 1.82) is 0 Å². The van der Waals surface area contributed by atoms with Crippen LogP contribution in [0.3, 0.4) is 0 Å². The number of aromatic amines is 2. The summed E-state index contributed by atoms with van der Waals surface area (Å²) in [6, 6.07) is 24.9. The lowest BCUT2D eigenvalue weighted by Gasteiger charge is -2.05. The second-order valence-corrected chi connectivity index (χ2v) is 7.57. The van der Waals surface area contributed by atoms with E-state index in [0.29, 0.717) is 0 Å². The first-order chi connectivity index (χ1) is 14.6. The molecule has 0 aliphatic carbocycles. The maximum absolute atomic E-state index is 5.33. The van der Waals surface area contributed by atoms with E-state index < -0.39 is 0 Å². The molecule has 0 aliphatic rings. The van der Waals surface area contributed by atoms with Gasteiger partial charge in [0.2, 0.25) is 0 Å². The van der Waals surface area contributed by atoms with Crippen LogP contribution >= 0.6 is 0 Å². The molecule has 2 aromatic heterocycles. The Labute approximate surface area is 175 Å². The van der Waals surface area contributed by atoms with E-state index in [1.165, 1.54) is 10.9 Å². The van der Waals surface area contributed by atoms with Crippen molar-refractivity contribution in [1.82, 2.24) is 15.0 Å². The Morgan fingerprint density at radius 2 is 1.47 bits per heavy atom. The van der Waals surface area contributed by atoms with Gasteiger partial charge in [0.05, 0.1) is 18.5 Å². The fourth-order valence-electron chi connectivity index (χ4n) is 3.96. The minimum absolute atomic E-state index is 0.832. The minimum Gasteiger partial charge on any atom is -0.497 e. The number of para-hydroxylation sites is 1. The van der Waals surface area contributed by atoms with Crippen LogP contribution in [0.5, 0.6) is 5.75 Å². The first kappa shape index (κ1) is 18.3. The number of hydrogen-bond donors (Lipinski definition) is 2. The highest BCUT2D eigenvalue weighted by molar-refractivity contribution is 5.97. The van der Waals surface area contributed by atoms with E-state index in [9.17, 15) is 0 Å². The zero-order chi connectivity index (χ0) is 20.7. The minimum atomic E-state index is 0.832. The number of nitrogens with one attached hydrogen (secondary N) is 2. The molecule has 0 spiro atoms. The van der Waals surface area contributed by atoms with Gasteiger partial charge in [-0.25, -0.2) is 4.98 Å². The van der Waals surface area contributed by atoms with Crippen LogP contribution in [0.4, 0.5) is 0 Å². The molecule has 2 heterocycles. The fraction of sp³-hybridized carbons (Fsp3) is 0.115. The molecule has 30 heavy (non-hydrogen) atoms. The Kier molecular flexibility index (Phi) is 4.40. The number of methoxy groups -OCH3 is 1. The summed E-state index contributed by atoms with van der Waals surface area (Å²) in [5.74, 6) is 1.70. The standard InChI is InChI=1S/C26H23N3O/c1-16-8-10-18(11-9-16)24-25(19-12-14-20(30-3)15-13-19)29-26(28-24)23-17(2)27-22-7-5-4-6-21(22)23/h4-15,27H,1-3H3,(H,28,29). The monoisotopic (exact) mass is 393 g/mol. The largest absolute Gasteiger partial charge is 0.497 e. The van der Waals surface area contributed by atoms with Gasteiger partial charge in [-0.15, -0.1) is 0 Å². The number of fused-ring (bicyclic) bond motifs is 1. The molecule has 0 bridgehead atoms. The molecule has 5 aromatic rings. The van der Waals surface area contributed by atoms with Gasteiger partial charge < -0.3 is 14.7 Å². The summed E-state index contributed by atoms with van der Waals surface area (Å²) in [7, 11) is 1.68. The molecule has 0 aliphatic heterocycles. The average Bonchev–Trinajstić information content (AvgIpc) is 3.34. The van der Waals surface area contributed by atoms with E-state index in [4.69, 9.17) is 9.72 Å². The number of hydrogen-bond acceptors (Lipinski definition) is 2. The van der Waals surface area contributed by atoms with Gasteiger partial charge in [-0.2, -0.15) is 0 Å². The predicted octanol–water partition coefficient (Wildman–Crippen LogP) is 6.52. The van der Waals surface area contributed by atoms with E-state index in [1.54, 1.807) is 7.11 Å². The lowest BCUT2D eigenvalue weighted by molar-refractivity contribution is 0.415. The number of H-pyrrole nitrogens is 2. The van der Waals surface area contributed by atoms with Crippen LogP contribution in [-0.4, -0.2) is 22.1 Å². The summed E-state index contributed by atoms with van der Waals surface area (Å²) in [5, 5.41) is 1.17. The van der Waals surface area contributed by atoms with Crippen molar-refractivity contribution in [2.24, 2.45) is 0 Å². The van der Waals surface area contributed by atoms with Crippen molar-refractivity contribution >= 4 is 10.9 Å². The predicted molar refractivity (Wildman–Crippen MR) is 123 cm³/mol. The summed E-state index contributed by atoms with van der Waals surface area (Å²) in [6.07, 6.45) is 0. The Morgan fingerprint density at radius 3 is 2.20 bits per heavy atom. The van der Waals surface area contributed by atoms with Crippen LogP contribution in [-0.2, 0) is 0 Å². The van der Waals surface area contributed by atoms with Crippen LogP contribution in [0.1, 0.15) is 11.3 Å². The van der Waals surface area contributed by atoms with Crippen molar-refractivity contribution < 1.29 is 4.74 Å². The van der Waals surface area contributed by atoms with E-state index in [0.717, 1.165) is 50.9 Å². The van der Waals surface area contributed by atoms with Gasteiger partial charge in [0.25, 0.3) is 0 Å². The zero-order valence-electron chi connectivity index (χ0n) is 17.3. The molecule has 148 valence electrons. The first-order valence-corrected chi connectivity index (χ1v) is 10.0. The summed E-state index contributed by atoms with van der Waals surface area (Å²) in [6.45, 7) is 4.19. The molecule has 5 rings (SSSR count). The number of ether oxygens (including phenoxy) is 1. The maximum atomic E-state index is 5.33. The smallest absolute Gasteiger partial charge is 0.140 e. The molecule has 0 radical (unpaired) electrons. The van der Waals surface area contributed by atoms with Crippen LogP contribution in [0.15, 0.2) is 72.8 Å². The molecule has 4 heteroatoms. The zero-order valence-corrected chi connectivity index (χ0v) is 17.3. The lowest BCUT2D eigenvalue weighted by atomic mass is 10.0. The van der Waals surface area contributed by atoms with E-state index in [2.05, 4.69) is 78.4 Å². The van der Waals surface area contributed by atoms with Gasteiger partial charge in [-0.05, 0) is 44.2 Å². The number of aromatic nitrogens is 3. The van der Waals surface area contributed by atoms with Crippen LogP contribution in [0, 0.1) is 13.8 Å². The third-order valence-corrected chi connectivity index (χ3v) is 5.54. The Morgan fingerprint density at radius 1 is 0.767 bits per heavy atom. The molecule has 2 N–H and O–H groups in total. The third kappa shape index (κ3) is 3.07. The summed E-state index contributed by atoms with van der Waals surface area (Å²) in [4.78, 5) is 12.2. The van der Waals surface area contributed by atoms with Crippen molar-refractivity contribution in [2.45, 2.75) is 13.8 Å². The average molecular weight is 393 g/mol. The molecular weight excluding hydrogens is 370 g/mol. The van der Waals surface area contributed by atoms with Crippen molar-refractivity contribution in [3.05, 3.63) is 84.1 Å². The van der Waals surface area contributed by atoms with Crippen molar-refractivity contribution in [3.8, 4) is 39.7 Å². The third-order valence-electron chi connectivity index (χ3n) is 5.54. The highest BCUT2D eigenvalue weighted by atomic mass is 16.5. The molecule has 0 atom stereocenters. The molecular formula is C26H23N3O. The molecule has 4 nitrogen and oxygen atoms in total. The van der Waals surface area contributed by atoms with Gasteiger partial charge in [0.1, 0.15) is 11.6 Å². The molecule has 0 unspecified atom stereocenters. The topological polar surface area (TPSA) is 53.7 Å². The number of benzene rings is 3. The van der Waals surface area contributed by atoms with Crippen LogP contribution < -0.4 is 4.74 Å². The molecule has 3 aromatic carbocycles. The van der Waals surface area contributed by atoms with Gasteiger partial charge in [-0.1, -0.05) is 48.0 Å². The summed E-state index contributed by atoms with van der Waals surface area (Å²) in [5.41, 5.74) is 8.66. The fourth-order valence-corrected chi connectivity index (χ4v) is 3.96. The Hall–Kier alpha value is -3.79. The van der Waals surface area contributed by atoms with Gasteiger partial charge in [-0.3, -0.25) is 0 Å². The number of aryl methyl sites for hydroxylation is 2. The van der Waals surface area contributed by atoms with Crippen molar-refractivity contribution in [3.63, 3.8) is 0 Å². The first-order valence-electron chi connectivity index (χ1n) is 10.0. The quantitative estimate of drug-likeness (QED) is 0.365. The highest BCUT2D eigenvalue weighted by Crippen LogP contribution is 2.37. The van der Waals surface area contributed by atoms with E-state index in [1.807, 2.05) is 18.2 Å². The van der Waals surface area contributed by atoms with E-state index >= 15 is 0 Å². The summed E-state index contributed by atoms with van der Waals surface area (Å²) < 4.78 is 5.33. The van der Waals surface area contributed by atoms with Gasteiger partial charge in [0, 0.05) is 33.3 Å². The normalized spacial score (nSPS) is 11.2. The molecule has 0 amide bonds. The SMILES string of the molecule is COc1ccc(-c2nc(-c3c(C)[nH]c4ccccc34)[nH]c2-c2ccc(C)cc2)cc1. The Bertz CT molecular complexity index is 1330. The van der Waals surface area contributed by atoms with Crippen LogP contribution in [0.2, 0.25) is 0 Å². The van der Waals surface area contributed by atoms with Crippen LogP contribution in [0.25, 0.3) is 44.8 Å². The molecule has 0 fully saturated rings. The second kappa shape index (κ2) is 7.23. The van der Waals surface area contributed by atoms with E-state index in [-0.39, 0.29) is 0 Å². The number of imidazole rings is 1. The van der Waals surface area contributed by atoms with Gasteiger partial charge in [0.15, 0.2) is 0 Å². The number of nitrogens with zero attached hydrogens (tertiary/aromatic N) is 1. The molecule has 0 saturated heterocycles. The lowest BCUT2D eigenvalue weighted by Crippen LogP contribution is -1.86.